The van der Waals surface area contributed by atoms with Crippen molar-refractivity contribution >= 4 is 40.7 Å². The number of aromatic nitrogens is 1. The van der Waals surface area contributed by atoms with Crippen LogP contribution in [0.1, 0.15) is 62.0 Å². The average Bonchev–Trinajstić information content (AvgIpc) is 2.96. The highest BCUT2D eigenvalue weighted by molar-refractivity contribution is 5.99. The van der Waals surface area contributed by atoms with Gasteiger partial charge in [0.1, 0.15) is 17.5 Å². The number of piperazine rings is 1. The Hall–Kier alpha value is -4.42. The fourth-order valence-electron chi connectivity index (χ4n) is 5.03. The first kappa shape index (κ1) is 30.5. The lowest BCUT2D eigenvalue weighted by Crippen LogP contribution is -2.56. The maximum atomic E-state index is 13.5. The maximum Gasteiger partial charge on any atom is 0.409 e. The second kappa shape index (κ2) is 13.0. The number of fused-ring (bicyclic) bond motifs is 1. The highest BCUT2D eigenvalue weighted by atomic mass is 16.6. The van der Waals surface area contributed by atoms with E-state index in [1.807, 2.05) is 19.1 Å². The number of ether oxygens (including phenoxy) is 2. The van der Waals surface area contributed by atoms with Gasteiger partial charge in [0.05, 0.1) is 12.1 Å². The Balaban J connectivity index is 1.58. The topological polar surface area (TPSA) is 176 Å². The third kappa shape index (κ3) is 6.72. The molecule has 42 heavy (non-hydrogen) atoms. The van der Waals surface area contributed by atoms with E-state index in [4.69, 9.17) is 9.47 Å². The zero-order chi connectivity index (χ0) is 30.4. The van der Waals surface area contributed by atoms with E-state index in [2.05, 4.69) is 10.3 Å². The van der Waals surface area contributed by atoms with Crippen molar-refractivity contribution in [1.29, 1.82) is 0 Å². The van der Waals surface area contributed by atoms with E-state index in [9.17, 15) is 34.2 Å². The molecule has 0 radical (unpaired) electrons. The lowest BCUT2D eigenvalue weighted by Gasteiger charge is -2.38. The number of nitrogens with one attached hydrogen (secondary N) is 1. The van der Waals surface area contributed by atoms with Gasteiger partial charge in [-0.05, 0) is 56.7 Å². The van der Waals surface area contributed by atoms with Crippen LogP contribution in [0.15, 0.2) is 24.3 Å². The monoisotopic (exact) mass is 584 g/mol. The summed E-state index contributed by atoms with van der Waals surface area (Å²) < 4.78 is 11.1. The number of carbonyl (C=O) groups is 5. The van der Waals surface area contributed by atoms with E-state index in [1.165, 1.54) is 15.9 Å². The van der Waals surface area contributed by atoms with E-state index in [-0.39, 0.29) is 57.1 Å². The molecule has 2 aliphatic rings. The van der Waals surface area contributed by atoms with E-state index in [0.29, 0.717) is 30.2 Å². The Morgan fingerprint density at radius 3 is 2.29 bits per heavy atom. The normalized spacial score (nSPS) is 16.7. The van der Waals surface area contributed by atoms with Gasteiger partial charge in [0.2, 0.25) is 11.5 Å². The lowest BCUT2D eigenvalue weighted by atomic mass is 9.80. The molecular formula is C29H36N4O9. The molecule has 1 unspecified atom stereocenters. The van der Waals surface area contributed by atoms with Crippen LogP contribution in [-0.4, -0.2) is 99.3 Å². The number of carbonyl (C=O) groups excluding carboxylic acids is 3. The van der Waals surface area contributed by atoms with Crippen molar-refractivity contribution in [3.8, 4) is 5.75 Å². The van der Waals surface area contributed by atoms with Crippen molar-refractivity contribution in [3.05, 3.63) is 35.5 Å². The Kier molecular flexibility index (Phi) is 9.48. The zero-order valence-corrected chi connectivity index (χ0v) is 23.8. The molecule has 1 aliphatic heterocycles. The van der Waals surface area contributed by atoms with Crippen LogP contribution >= 0.6 is 0 Å². The Labute approximate surface area is 242 Å². The van der Waals surface area contributed by atoms with E-state index in [1.54, 1.807) is 13.0 Å². The second-order valence-corrected chi connectivity index (χ2v) is 10.4. The number of carboxylic acid groups (broad SMARTS) is 2. The minimum atomic E-state index is -1.39. The molecule has 226 valence electrons. The number of aryl methyl sites for hydroxylation is 1. The molecule has 0 bridgehead atoms. The van der Waals surface area contributed by atoms with Gasteiger partial charge in [0, 0.05) is 44.1 Å². The van der Waals surface area contributed by atoms with Crippen LogP contribution in [0.25, 0.3) is 10.9 Å². The number of benzene rings is 1. The predicted octanol–water partition coefficient (Wildman–Crippen LogP) is 2.45. The molecule has 1 saturated heterocycles. The van der Waals surface area contributed by atoms with Gasteiger partial charge >= 0.3 is 18.0 Å². The van der Waals surface area contributed by atoms with Gasteiger partial charge in [0.15, 0.2) is 0 Å². The summed E-state index contributed by atoms with van der Waals surface area (Å²) in [5.74, 6) is -3.21. The summed E-state index contributed by atoms with van der Waals surface area (Å²) in [5.41, 5.74) is -0.0950. The third-order valence-corrected chi connectivity index (χ3v) is 7.70. The summed E-state index contributed by atoms with van der Waals surface area (Å²) >= 11 is 0. The second-order valence-electron chi connectivity index (χ2n) is 10.4. The van der Waals surface area contributed by atoms with Crippen molar-refractivity contribution < 1.29 is 43.7 Å². The molecule has 1 aromatic heterocycles. The van der Waals surface area contributed by atoms with Gasteiger partial charge in [-0.1, -0.05) is 13.0 Å². The zero-order valence-electron chi connectivity index (χ0n) is 23.8. The van der Waals surface area contributed by atoms with Gasteiger partial charge in [-0.3, -0.25) is 14.4 Å². The van der Waals surface area contributed by atoms with Crippen molar-refractivity contribution in [2.45, 2.75) is 64.0 Å². The van der Waals surface area contributed by atoms with Crippen LogP contribution in [0, 0.1) is 0 Å². The van der Waals surface area contributed by atoms with Crippen LogP contribution in [0.5, 0.6) is 5.75 Å². The quantitative estimate of drug-likeness (QED) is 0.356. The van der Waals surface area contributed by atoms with E-state index >= 15 is 0 Å². The Bertz CT molecular complexity index is 1370. The summed E-state index contributed by atoms with van der Waals surface area (Å²) in [6, 6.07) is 5.64. The van der Waals surface area contributed by atoms with Crippen LogP contribution in [0.4, 0.5) is 4.79 Å². The number of amides is 3. The summed E-state index contributed by atoms with van der Waals surface area (Å²) in [6.45, 7) is 4.78. The smallest absolute Gasteiger partial charge is 0.409 e. The number of nitrogens with zero attached hydrogens (tertiary/aromatic N) is 3. The molecule has 1 aromatic carbocycles. The number of rotatable bonds is 11. The number of hydrogen-bond acceptors (Lipinski definition) is 8. The molecule has 4 rings (SSSR count). The maximum absolute atomic E-state index is 13.5. The highest BCUT2D eigenvalue weighted by Gasteiger charge is 2.47. The average molecular weight is 585 g/mol. The van der Waals surface area contributed by atoms with E-state index < -0.39 is 41.5 Å². The van der Waals surface area contributed by atoms with Crippen molar-refractivity contribution in [2.24, 2.45) is 0 Å². The Morgan fingerprint density at radius 1 is 1.02 bits per heavy atom. The molecule has 1 aliphatic carbocycles. The van der Waals surface area contributed by atoms with Gasteiger partial charge < -0.3 is 34.8 Å². The van der Waals surface area contributed by atoms with Crippen LogP contribution < -0.4 is 10.1 Å². The molecule has 3 amide bonds. The third-order valence-electron chi connectivity index (χ3n) is 7.70. The number of carboxylic acids is 2. The largest absolute Gasteiger partial charge is 0.481 e. The minimum absolute atomic E-state index is 0.0955. The van der Waals surface area contributed by atoms with Crippen molar-refractivity contribution in [3.63, 3.8) is 0 Å². The number of hydrogen-bond donors (Lipinski definition) is 3. The van der Waals surface area contributed by atoms with Crippen LogP contribution in [0.2, 0.25) is 0 Å². The first-order valence-electron chi connectivity index (χ1n) is 14.2. The molecule has 1 atom stereocenters. The highest BCUT2D eigenvalue weighted by Crippen LogP contribution is 2.39. The molecule has 2 aromatic rings. The van der Waals surface area contributed by atoms with Gasteiger partial charge in [-0.2, -0.15) is 0 Å². The summed E-state index contributed by atoms with van der Waals surface area (Å²) in [6.07, 6.45) is 1.09. The predicted molar refractivity (Wildman–Crippen MR) is 149 cm³/mol. The van der Waals surface area contributed by atoms with Gasteiger partial charge in [-0.25, -0.2) is 14.6 Å². The fourth-order valence-corrected chi connectivity index (χ4v) is 5.03. The van der Waals surface area contributed by atoms with Crippen LogP contribution in [0.3, 0.4) is 0 Å². The number of pyridine rings is 1. The SMILES string of the molecule is CCOC(=O)N1CCN(C(=O)C(CCC(=O)O)NC(=O)c2cc(OC3(C(=O)O)CCC3)c3cc(CC)ccc3n2)CC1. The molecular weight excluding hydrogens is 548 g/mol. The fraction of sp³-hybridized carbons (Fsp3) is 0.517. The molecule has 3 N–H and O–H groups in total. The Morgan fingerprint density at radius 2 is 1.71 bits per heavy atom. The molecule has 2 heterocycles. The standard InChI is InChI=1S/C29H36N4O9/c1-3-18-6-7-20-19(16-18)23(42-29(27(38)39)10-5-11-29)17-22(30-20)25(36)31-21(8-9-24(34)35)26(37)32-12-14-33(15-13-32)28(40)41-4-2/h6-7,16-17,21H,3-5,8-15H2,1-2H3,(H,31,36)(H,34,35)(H,38,39). The minimum Gasteiger partial charge on any atom is -0.481 e. The van der Waals surface area contributed by atoms with Gasteiger partial charge in [0.25, 0.3) is 5.91 Å². The molecule has 13 heteroatoms. The van der Waals surface area contributed by atoms with E-state index in [0.717, 1.165) is 12.0 Å². The number of aliphatic carboxylic acids is 2. The van der Waals surface area contributed by atoms with Crippen molar-refractivity contribution in [1.82, 2.24) is 20.1 Å². The first-order valence-corrected chi connectivity index (χ1v) is 14.2. The lowest BCUT2D eigenvalue weighted by molar-refractivity contribution is -0.163. The summed E-state index contributed by atoms with van der Waals surface area (Å²) in [5, 5.41) is 22.3. The van der Waals surface area contributed by atoms with Crippen molar-refractivity contribution in [2.75, 3.05) is 32.8 Å². The molecule has 0 spiro atoms. The van der Waals surface area contributed by atoms with Gasteiger partial charge in [-0.15, -0.1) is 0 Å². The molecule has 2 fully saturated rings. The molecule has 13 nitrogen and oxygen atoms in total. The first-order chi connectivity index (χ1) is 20.1. The summed E-state index contributed by atoms with van der Waals surface area (Å²) in [7, 11) is 0. The summed E-state index contributed by atoms with van der Waals surface area (Å²) in [4.78, 5) is 69.7. The van der Waals surface area contributed by atoms with Crippen LogP contribution in [-0.2, 0) is 25.5 Å². The molecule has 1 saturated carbocycles.